The molecule has 0 aromatic carbocycles. The Hall–Kier alpha value is -0.0400. The van der Waals surface area contributed by atoms with E-state index in [1.807, 2.05) is 0 Å². The van der Waals surface area contributed by atoms with Crippen molar-refractivity contribution in [2.75, 3.05) is 6.61 Å². The van der Waals surface area contributed by atoms with E-state index in [1.54, 1.807) is 0 Å². The maximum absolute atomic E-state index is 6.00. The molecule has 1 atom stereocenters. The van der Waals surface area contributed by atoms with Gasteiger partial charge in [0, 0.05) is 6.61 Å². The monoisotopic (exact) mass is 226 g/mol. The van der Waals surface area contributed by atoms with Crippen LogP contribution in [0.4, 0.5) is 0 Å². The largest absolute Gasteiger partial charge is 0.378 e. The van der Waals surface area contributed by atoms with Crippen molar-refractivity contribution in [1.82, 2.24) is 0 Å². The predicted octanol–water partition coefficient (Wildman–Crippen LogP) is 4.94. The molecule has 0 N–H and O–H groups in total. The standard InChI is InChI=1S/C15H30O/c1-3-5-9-14(4-2)12-13-16-15-10-7-6-8-11-15/h14-15H,3-13H2,1-2H3. The summed E-state index contributed by atoms with van der Waals surface area (Å²) in [6.07, 6.45) is 14.2. The summed E-state index contributed by atoms with van der Waals surface area (Å²) in [6.45, 7) is 5.61. The summed E-state index contributed by atoms with van der Waals surface area (Å²) in [5.41, 5.74) is 0. The van der Waals surface area contributed by atoms with Crippen LogP contribution in [0.15, 0.2) is 0 Å². The lowest BCUT2D eigenvalue weighted by atomic mass is 9.95. The van der Waals surface area contributed by atoms with Crippen LogP contribution in [-0.2, 0) is 4.74 Å². The summed E-state index contributed by atoms with van der Waals surface area (Å²) >= 11 is 0. The molecule has 1 heteroatoms. The van der Waals surface area contributed by atoms with E-state index in [2.05, 4.69) is 13.8 Å². The van der Waals surface area contributed by atoms with Crippen LogP contribution in [0.3, 0.4) is 0 Å². The molecule has 16 heavy (non-hydrogen) atoms. The Bertz CT molecular complexity index is 150. The fourth-order valence-corrected chi connectivity index (χ4v) is 2.68. The molecular formula is C15H30O. The molecule has 1 aliphatic carbocycles. The SMILES string of the molecule is CCCCC(CC)CCOC1CCCCC1. The van der Waals surface area contributed by atoms with Gasteiger partial charge >= 0.3 is 0 Å². The lowest BCUT2D eigenvalue weighted by Crippen LogP contribution is -2.18. The molecule has 0 heterocycles. The maximum atomic E-state index is 6.00. The van der Waals surface area contributed by atoms with Crippen LogP contribution in [-0.4, -0.2) is 12.7 Å². The van der Waals surface area contributed by atoms with Crippen molar-refractivity contribution in [3.63, 3.8) is 0 Å². The Kier molecular flexibility index (Phi) is 7.92. The number of hydrogen-bond acceptors (Lipinski definition) is 1. The summed E-state index contributed by atoms with van der Waals surface area (Å²) in [5.74, 6) is 0.906. The van der Waals surface area contributed by atoms with E-state index in [-0.39, 0.29) is 0 Å². The molecule has 1 rings (SSSR count). The predicted molar refractivity (Wildman–Crippen MR) is 70.7 cm³/mol. The molecule has 0 saturated heterocycles. The molecule has 1 unspecified atom stereocenters. The van der Waals surface area contributed by atoms with Crippen LogP contribution < -0.4 is 0 Å². The lowest BCUT2D eigenvalue weighted by Gasteiger charge is -2.23. The van der Waals surface area contributed by atoms with Gasteiger partial charge in [-0.1, -0.05) is 58.8 Å². The van der Waals surface area contributed by atoms with Gasteiger partial charge in [-0.15, -0.1) is 0 Å². The molecular weight excluding hydrogens is 196 g/mol. The van der Waals surface area contributed by atoms with Gasteiger partial charge in [-0.2, -0.15) is 0 Å². The van der Waals surface area contributed by atoms with Crippen LogP contribution in [0, 0.1) is 5.92 Å². The first-order chi connectivity index (χ1) is 7.86. The smallest absolute Gasteiger partial charge is 0.0575 e. The Morgan fingerprint density at radius 2 is 1.81 bits per heavy atom. The first-order valence-electron chi connectivity index (χ1n) is 7.48. The van der Waals surface area contributed by atoms with Crippen molar-refractivity contribution in [2.24, 2.45) is 5.92 Å². The van der Waals surface area contributed by atoms with Gasteiger partial charge < -0.3 is 4.74 Å². The molecule has 0 aliphatic heterocycles. The topological polar surface area (TPSA) is 9.23 Å². The molecule has 1 nitrogen and oxygen atoms in total. The third-order valence-corrected chi connectivity index (χ3v) is 3.98. The third kappa shape index (κ3) is 5.89. The van der Waals surface area contributed by atoms with Gasteiger partial charge in [-0.25, -0.2) is 0 Å². The highest BCUT2D eigenvalue weighted by Crippen LogP contribution is 2.22. The van der Waals surface area contributed by atoms with Crippen molar-refractivity contribution in [1.29, 1.82) is 0 Å². The van der Waals surface area contributed by atoms with Crippen LogP contribution in [0.2, 0.25) is 0 Å². The van der Waals surface area contributed by atoms with Gasteiger partial charge in [0.15, 0.2) is 0 Å². The van der Waals surface area contributed by atoms with Crippen LogP contribution in [0.5, 0.6) is 0 Å². The molecule has 1 aliphatic rings. The van der Waals surface area contributed by atoms with Gasteiger partial charge in [-0.05, 0) is 25.2 Å². The van der Waals surface area contributed by atoms with Crippen molar-refractivity contribution in [2.45, 2.75) is 84.2 Å². The fraction of sp³-hybridized carbons (Fsp3) is 1.00. The zero-order valence-corrected chi connectivity index (χ0v) is 11.3. The minimum absolute atomic E-state index is 0.595. The minimum Gasteiger partial charge on any atom is -0.378 e. The van der Waals surface area contributed by atoms with E-state index in [1.165, 1.54) is 64.2 Å². The summed E-state index contributed by atoms with van der Waals surface area (Å²) in [6, 6.07) is 0. The third-order valence-electron chi connectivity index (χ3n) is 3.98. The van der Waals surface area contributed by atoms with Gasteiger partial charge in [0.1, 0.15) is 0 Å². The minimum atomic E-state index is 0.595. The second kappa shape index (κ2) is 9.04. The Morgan fingerprint density at radius 3 is 2.44 bits per heavy atom. The van der Waals surface area contributed by atoms with E-state index < -0.39 is 0 Å². The zero-order valence-electron chi connectivity index (χ0n) is 11.3. The average Bonchev–Trinajstić information content (AvgIpc) is 2.35. The summed E-state index contributed by atoms with van der Waals surface area (Å²) < 4.78 is 6.00. The molecule has 1 saturated carbocycles. The van der Waals surface area contributed by atoms with E-state index in [0.717, 1.165) is 12.5 Å². The molecule has 0 aromatic rings. The molecule has 1 fully saturated rings. The second-order valence-electron chi connectivity index (χ2n) is 5.34. The van der Waals surface area contributed by atoms with E-state index >= 15 is 0 Å². The van der Waals surface area contributed by atoms with Crippen LogP contribution in [0.25, 0.3) is 0 Å². The van der Waals surface area contributed by atoms with Crippen LogP contribution >= 0.6 is 0 Å². The molecule has 0 bridgehead atoms. The van der Waals surface area contributed by atoms with Gasteiger partial charge in [-0.3, -0.25) is 0 Å². The van der Waals surface area contributed by atoms with E-state index in [9.17, 15) is 0 Å². The molecule has 0 amide bonds. The van der Waals surface area contributed by atoms with Gasteiger partial charge in [0.05, 0.1) is 6.10 Å². The highest BCUT2D eigenvalue weighted by Gasteiger charge is 2.14. The highest BCUT2D eigenvalue weighted by molar-refractivity contribution is 4.65. The molecule has 0 spiro atoms. The summed E-state index contributed by atoms with van der Waals surface area (Å²) in [4.78, 5) is 0. The van der Waals surface area contributed by atoms with E-state index in [4.69, 9.17) is 4.74 Å². The Balaban J connectivity index is 2.02. The molecule has 0 aromatic heterocycles. The van der Waals surface area contributed by atoms with Gasteiger partial charge in [0.25, 0.3) is 0 Å². The van der Waals surface area contributed by atoms with Crippen molar-refractivity contribution in [3.8, 4) is 0 Å². The Labute approximate surface area is 102 Å². The van der Waals surface area contributed by atoms with E-state index in [0.29, 0.717) is 6.10 Å². The van der Waals surface area contributed by atoms with Crippen molar-refractivity contribution < 1.29 is 4.74 Å². The summed E-state index contributed by atoms with van der Waals surface area (Å²) in [5, 5.41) is 0. The normalized spacial score (nSPS) is 19.9. The maximum Gasteiger partial charge on any atom is 0.0575 e. The molecule has 96 valence electrons. The summed E-state index contributed by atoms with van der Waals surface area (Å²) in [7, 11) is 0. The quantitative estimate of drug-likeness (QED) is 0.569. The van der Waals surface area contributed by atoms with Crippen molar-refractivity contribution in [3.05, 3.63) is 0 Å². The Morgan fingerprint density at radius 1 is 1.06 bits per heavy atom. The molecule has 0 radical (unpaired) electrons. The number of hydrogen-bond donors (Lipinski definition) is 0. The second-order valence-corrected chi connectivity index (χ2v) is 5.34. The fourth-order valence-electron chi connectivity index (χ4n) is 2.68. The first-order valence-corrected chi connectivity index (χ1v) is 7.48. The zero-order chi connectivity index (χ0) is 11.6. The van der Waals surface area contributed by atoms with Crippen LogP contribution in [0.1, 0.15) is 78.1 Å². The average molecular weight is 226 g/mol. The first kappa shape index (κ1) is 14.0. The number of rotatable bonds is 8. The highest BCUT2D eigenvalue weighted by atomic mass is 16.5. The number of unbranched alkanes of at least 4 members (excludes halogenated alkanes) is 1. The number of ether oxygens (including phenoxy) is 1. The van der Waals surface area contributed by atoms with Crippen molar-refractivity contribution >= 4 is 0 Å². The van der Waals surface area contributed by atoms with Gasteiger partial charge in [0.2, 0.25) is 0 Å². The lowest BCUT2D eigenvalue weighted by molar-refractivity contribution is 0.0205.